The lowest BCUT2D eigenvalue weighted by Crippen LogP contribution is -2.45. The summed E-state index contributed by atoms with van der Waals surface area (Å²) in [5, 5.41) is 0. The van der Waals surface area contributed by atoms with Crippen LogP contribution >= 0.6 is 0 Å². The molecule has 2 rings (SSSR count). The van der Waals surface area contributed by atoms with Crippen molar-refractivity contribution in [2.24, 2.45) is 5.84 Å². The van der Waals surface area contributed by atoms with Gasteiger partial charge < -0.3 is 4.74 Å². The number of nitrogens with two attached hydrogens (primary N) is 1. The highest BCUT2D eigenvalue weighted by molar-refractivity contribution is 5.21. The number of hydrogen-bond donors (Lipinski definition) is 2. The van der Waals surface area contributed by atoms with Crippen LogP contribution in [0.15, 0.2) is 18.2 Å². The van der Waals surface area contributed by atoms with Gasteiger partial charge in [-0.05, 0) is 31.4 Å². The number of halogens is 2. The highest BCUT2D eigenvalue weighted by Crippen LogP contribution is 2.21. The van der Waals surface area contributed by atoms with Gasteiger partial charge in [0, 0.05) is 12.2 Å². The first-order valence-electron chi connectivity index (χ1n) is 5.73. The minimum Gasteiger partial charge on any atom is -0.377 e. The maximum Gasteiger partial charge on any atom is 0.129 e. The average Bonchev–Trinajstić information content (AvgIpc) is 2.82. The molecular formula is C12H16F2N2O. The third-order valence-electron chi connectivity index (χ3n) is 3.11. The van der Waals surface area contributed by atoms with E-state index in [4.69, 9.17) is 10.6 Å². The largest absolute Gasteiger partial charge is 0.377 e. The molecule has 1 aromatic carbocycles. The molecule has 1 aliphatic heterocycles. The van der Waals surface area contributed by atoms with Crippen molar-refractivity contribution in [2.45, 2.75) is 31.4 Å². The predicted molar refractivity (Wildman–Crippen MR) is 60.1 cm³/mol. The van der Waals surface area contributed by atoms with Gasteiger partial charge in [-0.1, -0.05) is 6.07 Å². The smallest absolute Gasteiger partial charge is 0.129 e. The Morgan fingerprint density at radius 1 is 1.41 bits per heavy atom. The van der Waals surface area contributed by atoms with Crippen molar-refractivity contribution in [3.8, 4) is 0 Å². The predicted octanol–water partition coefficient (Wildman–Crippen LogP) is 1.52. The SMILES string of the molecule is NNC(Cc1c(F)cccc1F)C1CCCO1. The van der Waals surface area contributed by atoms with Crippen molar-refractivity contribution in [3.63, 3.8) is 0 Å². The van der Waals surface area contributed by atoms with E-state index in [1.54, 1.807) is 0 Å². The summed E-state index contributed by atoms with van der Waals surface area (Å²) < 4.78 is 32.4. The summed E-state index contributed by atoms with van der Waals surface area (Å²) in [4.78, 5) is 0. The summed E-state index contributed by atoms with van der Waals surface area (Å²) in [6.45, 7) is 0.683. The van der Waals surface area contributed by atoms with Crippen molar-refractivity contribution in [1.29, 1.82) is 0 Å². The standard InChI is InChI=1S/C12H16F2N2O/c13-9-3-1-4-10(14)8(9)7-11(16-15)12-5-2-6-17-12/h1,3-4,11-12,16H,2,5-7,15H2. The third kappa shape index (κ3) is 2.80. The molecule has 3 nitrogen and oxygen atoms in total. The van der Waals surface area contributed by atoms with E-state index in [0.29, 0.717) is 6.61 Å². The van der Waals surface area contributed by atoms with Crippen LogP contribution in [0.4, 0.5) is 8.78 Å². The monoisotopic (exact) mass is 242 g/mol. The zero-order chi connectivity index (χ0) is 12.3. The first-order valence-corrected chi connectivity index (χ1v) is 5.73. The van der Waals surface area contributed by atoms with Crippen LogP contribution in [0.3, 0.4) is 0 Å². The van der Waals surface area contributed by atoms with Crippen molar-refractivity contribution in [2.75, 3.05) is 6.61 Å². The molecule has 94 valence electrons. The minimum absolute atomic E-state index is 0.0611. The summed E-state index contributed by atoms with van der Waals surface area (Å²) >= 11 is 0. The van der Waals surface area contributed by atoms with Crippen LogP contribution in [0.1, 0.15) is 18.4 Å². The highest BCUT2D eigenvalue weighted by Gasteiger charge is 2.27. The highest BCUT2D eigenvalue weighted by atomic mass is 19.1. The lowest BCUT2D eigenvalue weighted by atomic mass is 9.99. The topological polar surface area (TPSA) is 47.3 Å². The first kappa shape index (κ1) is 12.4. The molecule has 0 saturated carbocycles. The van der Waals surface area contributed by atoms with Crippen molar-refractivity contribution >= 4 is 0 Å². The molecule has 0 aliphatic carbocycles. The molecule has 1 heterocycles. The number of benzene rings is 1. The van der Waals surface area contributed by atoms with E-state index in [2.05, 4.69) is 5.43 Å². The Bertz CT molecular complexity index is 361. The van der Waals surface area contributed by atoms with E-state index >= 15 is 0 Å². The molecule has 0 amide bonds. The lowest BCUT2D eigenvalue weighted by molar-refractivity contribution is 0.0779. The average molecular weight is 242 g/mol. The molecule has 17 heavy (non-hydrogen) atoms. The van der Waals surface area contributed by atoms with E-state index in [1.165, 1.54) is 18.2 Å². The quantitative estimate of drug-likeness (QED) is 0.621. The number of rotatable bonds is 4. The summed E-state index contributed by atoms with van der Waals surface area (Å²) in [6, 6.07) is 3.59. The zero-order valence-electron chi connectivity index (χ0n) is 9.46. The van der Waals surface area contributed by atoms with Gasteiger partial charge in [-0.3, -0.25) is 11.3 Å². The van der Waals surface area contributed by atoms with Gasteiger partial charge in [0.1, 0.15) is 11.6 Å². The summed E-state index contributed by atoms with van der Waals surface area (Å²) in [5.41, 5.74) is 2.65. The van der Waals surface area contributed by atoms with Gasteiger partial charge in [0.25, 0.3) is 0 Å². The van der Waals surface area contributed by atoms with E-state index < -0.39 is 11.6 Å². The van der Waals surface area contributed by atoms with Crippen LogP contribution in [-0.2, 0) is 11.2 Å². The minimum atomic E-state index is -0.539. The molecule has 1 fully saturated rings. The Hall–Kier alpha value is -1.04. The summed E-state index contributed by atoms with van der Waals surface area (Å²) in [5.74, 6) is 4.35. The Balaban J connectivity index is 2.12. The molecule has 0 aromatic heterocycles. The number of hydrazine groups is 1. The zero-order valence-corrected chi connectivity index (χ0v) is 9.46. The van der Waals surface area contributed by atoms with Gasteiger partial charge in [-0.25, -0.2) is 8.78 Å². The molecular weight excluding hydrogens is 226 g/mol. The molecule has 1 aliphatic rings. The second-order valence-electron chi connectivity index (χ2n) is 4.23. The summed E-state index contributed by atoms with van der Waals surface area (Å²) in [7, 11) is 0. The molecule has 0 bridgehead atoms. The van der Waals surface area contributed by atoms with Crippen LogP contribution in [0.2, 0.25) is 0 Å². The summed E-state index contributed by atoms with van der Waals surface area (Å²) in [6.07, 6.45) is 1.95. The fraction of sp³-hybridized carbons (Fsp3) is 0.500. The Kier molecular flexibility index (Phi) is 4.04. The molecule has 0 spiro atoms. The fourth-order valence-corrected chi connectivity index (χ4v) is 2.16. The number of nitrogens with one attached hydrogen (secondary N) is 1. The second-order valence-corrected chi connectivity index (χ2v) is 4.23. The number of hydrogen-bond acceptors (Lipinski definition) is 3. The molecule has 1 aromatic rings. The normalized spacial score (nSPS) is 21.7. The van der Waals surface area contributed by atoms with E-state index in [9.17, 15) is 8.78 Å². The second kappa shape index (κ2) is 5.53. The first-order chi connectivity index (χ1) is 8.22. The van der Waals surface area contributed by atoms with E-state index in [1.807, 2.05) is 0 Å². The van der Waals surface area contributed by atoms with Crippen LogP contribution in [0, 0.1) is 11.6 Å². The Labute approximate surface area is 98.9 Å². The molecule has 2 atom stereocenters. The lowest BCUT2D eigenvalue weighted by Gasteiger charge is -2.22. The Morgan fingerprint density at radius 2 is 2.12 bits per heavy atom. The van der Waals surface area contributed by atoms with Crippen LogP contribution < -0.4 is 11.3 Å². The van der Waals surface area contributed by atoms with Gasteiger partial charge in [-0.2, -0.15) is 0 Å². The van der Waals surface area contributed by atoms with Gasteiger partial charge in [0.15, 0.2) is 0 Å². The van der Waals surface area contributed by atoms with Crippen molar-refractivity contribution in [1.82, 2.24) is 5.43 Å². The van der Waals surface area contributed by atoms with E-state index in [-0.39, 0.29) is 24.1 Å². The third-order valence-corrected chi connectivity index (χ3v) is 3.11. The molecule has 5 heteroatoms. The maximum absolute atomic E-state index is 13.5. The maximum atomic E-state index is 13.5. The number of ether oxygens (including phenoxy) is 1. The van der Waals surface area contributed by atoms with Gasteiger partial charge >= 0.3 is 0 Å². The van der Waals surface area contributed by atoms with Gasteiger partial charge in [0.2, 0.25) is 0 Å². The molecule has 2 unspecified atom stereocenters. The van der Waals surface area contributed by atoms with Crippen molar-refractivity contribution in [3.05, 3.63) is 35.4 Å². The van der Waals surface area contributed by atoms with Crippen LogP contribution in [0.5, 0.6) is 0 Å². The van der Waals surface area contributed by atoms with Crippen LogP contribution in [-0.4, -0.2) is 18.8 Å². The molecule has 1 saturated heterocycles. The van der Waals surface area contributed by atoms with Crippen LogP contribution in [0.25, 0.3) is 0 Å². The fourth-order valence-electron chi connectivity index (χ4n) is 2.16. The Morgan fingerprint density at radius 3 is 2.65 bits per heavy atom. The van der Waals surface area contributed by atoms with E-state index in [0.717, 1.165) is 12.8 Å². The molecule has 3 N–H and O–H groups in total. The van der Waals surface area contributed by atoms with Gasteiger partial charge in [0.05, 0.1) is 12.1 Å². The molecule has 0 radical (unpaired) electrons. The van der Waals surface area contributed by atoms with Crippen molar-refractivity contribution < 1.29 is 13.5 Å². The van der Waals surface area contributed by atoms with Gasteiger partial charge in [-0.15, -0.1) is 0 Å².